The number of para-hydroxylation sites is 1. The number of Topliss-reactive ketones (excluding diaryl/α,β-unsaturated/α-hetero) is 1. The highest BCUT2D eigenvalue weighted by Crippen LogP contribution is 2.26. The van der Waals surface area contributed by atoms with Crippen LogP contribution < -0.4 is 10.6 Å². The fourth-order valence-electron chi connectivity index (χ4n) is 2.97. The van der Waals surface area contributed by atoms with Gasteiger partial charge in [-0.2, -0.15) is 4.98 Å². The first-order valence-electron chi connectivity index (χ1n) is 9.42. The molecule has 3 aromatic carbocycles. The Morgan fingerprint density at radius 1 is 0.833 bits per heavy atom. The van der Waals surface area contributed by atoms with Crippen molar-refractivity contribution < 1.29 is 9.18 Å². The summed E-state index contributed by atoms with van der Waals surface area (Å²) >= 11 is 0. The van der Waals surface area contributed by atoms with Crippen molar-refractivity contribution in [3.63, 3.8) is 0 Å². The lowest BCUT2D eigenvalue weighted by atomic mass is 10.1. The molecule has 0 aliphatic rings. The van der Waals surface area contributed by atoms with Gasteiger partial charge < -0.3 is 10.6 Å². The van der Waals surface area contributed by atoms with Gasteiger partial charge in [-0.3, -0.25) is 4.79 Å². The van der Waals surface area contributed by atoms with E-state index in [0.29, 0.717) is 17.1 Å². The second kappa shape index (κ2) is 8.53. The Morgan fingerprint density at radius 2 is 1.60 bits per heavy atom. The third-order valence-corrected chi connectivity index (χ3v) is 4.46. The van der Waals surface area contributed by atoms with E-state index < -0.39 is 5.82 Å². The molecule has 4 aromatic rings. The number of ketones is 1. The quantitative estimate of drug-likeness (QED) is 0.392. The molecule has 0 bridgehead atoms. The van der Waals surface area contributed by atoms with Gasteiger partial charge >= 0.3 is 0 Å². The Hall–Kier alpha value is -4.06. The van der Waals surface area contributed by atoms with E-state index in [4.69, 9.17) is 0 Å². The van der Waals surface area contributed by atoms with E-state index in [-0.39, 0.29) is 17.4 Å². The maximum Gasteiger partial charge on any atom is 0.229 e. The molecule has 0 atom stereocenters. The normalized spacial score (nSPS) is 10.5. The van der Waals surface area contributed by atoms with Crippen molar-refractivity contribution in [2.45, 2.75) is 6.92 Å². The summed E-state index contributed by atoms with van der Waals surface area (Å²) in [5.41, 5.74) is 3.18. The molecule has 1 aromatic heterocycles. The van der Waals surface area contributed by atoms with E-state index in [0.717, 1.165) is 11.3 Å². The molecular weight excluding hydrogens is 379 g/mol. The molecule has 0 radical (unpaired) electrons. The Labute approximate surface area is 173 Å². The average molecular weight is 398 g/mol. The monoisotopic (exact) mass is 398 g/mol. The minimum absolute atomic E-state index is 0.0202. The zero-order valence-corrected chi connectivity index (χ0v) is 16.3. The number of nitrogens with zero attached hydrogens (tertiary/aromatic N) is 2. The number of anilines is 4. The fraction of sp³-hybridized carbons (Fsp3) is 0.0417. The zero-order valence-electron chi connectivity index (χ0n) is 16.3. The SMILES string of the molecule is CC(=O)c1cccc(Nc2cc(-c3ccccc3)nc(Nc3ccccc3F)n2)c1. The molecule has 0 unspecified atom stereocenters. The molecule has 0 aliphatic heterocycles. The van der Waals surface area contributed by atoms with Crippen LogP contribution in [0, 0.1) is 5.82 Å². The number of benzene rings is 3. The van der Waals surface area contributed by atoms with E-state index in [9.17, 15) is 9.18 Å². The van der Waals surface area contributed by atoms with Crippen LogP contribution in [-0.4, -0.2) is 15.8 Å². The zero-order chi connectivity index (χ0) is 20.9. The molecule has 0 aliphatic carbocycles. The van der Waals surface area contributed by atoms with Crippen molar-refractivity contribution in [1.82, 2.24) is 9.97 Å². The number of rotatable bonds is 6. The summed E-state index contributed by atoms with van der Waals surface area (Å²) in [6, 6.07) is 25.0. The molecule has 0 saturated heterocycles. The molecule has 0 spiro atoms. The van der Waals surface area contributed by atoms with Gasteiger partial charge in [-0.15, -0.1) is 0 Å². The summed E-state index contributed by atoms with van der Waals surface area (Å²) in [5.74, 6) is 0.359. The van der Waals surface area contributed by atoms with E-state index in [1.807, 2.05) is 42.5 Å². The van der Waals surface area contributed by atoms with Crippen molar-refractivity contribution in [2.24, 2.45) is 0 Å². The molecule has 148 valence electrons. The van der Waals surface area contributed by atoms with Crippen molar-refractivity contribution in [2.75, 3.05) is 10.6 Å². The van der Waals surface area contributed by atoms with Gasteiger partial charge in [-0.1, -0.05) is 54.6 Å². The van der Waals surface area contributed by atoms with Crippen LogP contribution in [0.1, 0.15) is 17.3 Å². The number of carbonyl (C=O) groups excluding carboxylic acids is 1. The second-order valence-electron chi connectivity index (χ2n) is 6.69. The molecule has 5 nitrogen and oxygen atoms in total. The Balaban J connectivity index is 1.73. The maximum absolute atomic E-state index is 14.1. The van der Waals surface area contributed by atoms with Gasteiger partial charge in [0, 0.05) is 22.9 Å². The van der Waals surface area contributed by atoms with Gasteiger partial charge in [-0.25, -0.2) is 9.37 Å². The third kappa shape index (κ3) is 4.50. The molecule has 2 N–H and O–H groups in total. The molecule has 0 saturated carbocycles. The van der Waals surface area contributed by atoms with Crippen LogP contribution in [0.4, 0.5) is 27.5 Å². The van der Waals surface area contributed by atoms with Gasteiger partial charge in [0.2, 0.25) is 5.95 Å². The molecule has 0 fully saturated rings. The summed E-state index contributed by atoms with van der Waals surface area (Å²) < 4.78 is 14.1. The van der Waals surface area contributed by atoms with Crippen LogP contribution in [0.2, 0.25) is 0 Å². The largest absolute Gasteiger partial charge is 0.340 e. The highest BCUT2D eigenvalue weighted by atomic mass is 19.1. The number of nitrogens with one attached hydrogen (secondary N) is 2. The van der Waals surface area contributed by atoms with Crippen LogP contribution in [0.15, 0.2) is 84.9 Å². The second-order valence-corrected chi connectivity index (χ2v) is 6.69. The fourth-order valence-corrected chi connectivity index (χ4v) is 2.97. The van der Waals surface area contributed by atoms with E-state index >= 15 is 0 Å². The summed E-state index contributed by atoms with van der Waals surface area (Å²) in [4.78, 5) is 20.7. The molecule has 30 heavy (non-hydrogen) atoms. The van der Waals surface area contributed by atoms with Crippen LogP contribution in [0.5, 0.6) is 0 Å². The molecule has 1 heterocycles. The first kappa shape index (κ1) is 19.3. The summed E-state index contributed by atoms with van der Waals surface area (Å²) in [6.45, 7) is 1.52. The predicted octanol–water partition coefficient (Wildman–Crippen LogP) is 5.97. The summed E-state index contributed by atoms with van der Waals surface area (Å²) in [5, 5.41) is 6.16. The average Bonchev–Trinajstić information content (AvgIpc) is 2.76. The highest BCUT2D eigenvalue weighted by Gasteiger charge is 2.10. The summed E-state index contributed by atoms with van der Waals surface area (Å²) in [6.07, 6.45) is 0. The Morgan fingerprint density at radius 3 is 2.37 bits per heavy atom. The van der Waals surface area contributed by atoms with Crippen molar-refractivity contribution in [3.05, 3.63) is 96.3 Å². The van der Waals surface area contributed by atoms with Crippen LogP contribution in [0.3, 0.4) is 0 Å². The smallest absolute Gasteiger partial charge is 0.229 e. The summed E-state index contributed by atoms with van der Waals surface area (Å²) in [7, 11) is 0. The topological polar surface area (TPSA) is 66.9 Å². The first-order valence-corrected chi connectivity index (χ1v) is 9.42. The number of aromatic nitrogens is 2. The maximum atomic E-state index is 14.1. The van der Waals surface area contributed by atoms with E-state index in [2.05, 4.69) is 20.6 Å². The number of carbonyl (C=O) groups is 1. The molecule has 4 rings (SSSR count). The lowest BCUT2D eigenvalue weighted by Crippen LogP contribution is -2.04. The standard InChI is InChI=1S/C24H19FN4O/c1-16(30)18-10-7-11-19(14-18)26-23-15-22(17-8-3-2-4-9-17)28-24(29-23)27-21-13-6-5-12-20(21)25/h2-15H,1H3,(H2,26,27,28,29). The van der Waals surface area contributed by atoms with E-state index in [1.54, 1.807) is 36.4 Å². The molecular formula is C24H19FN4O. The van der Waals surface area contributed by atoms with Crippen molar-refractivity contribution >= 4 is 28.9 Å². The van der Waals surface area contributed by atoms with Crippen LogP contribution >= 0.6 is 0 Å². The van der Waals surface area contributed by atoms with Gasteiger partial charge in [0.25, 0.3) is 0 Å². The number of hydrogen-bond acceptors (Lipinski definition) is 5. The minimum atomic E-state index is -0.394. The Bertz CT molecular complexity index is 1190. The lowest BCUT2D eigenvalue weighted by Gasteiger charge is -2.12. The van der Waals surface area contributed by atoms with Crippen molar-refractivity contribution in [1.29, 1.82) is 0 Å². The van der Waals surface area contributed by atoms with Gasteiger partial charge in [0.05, 0.1) is 11.4 Å². The minimum Gasteiger partial charge on any atom is -0.340 e. The third-order valence-electron chi connectivity index (χ3n) is 4.46. The van der Waals surface area contributed by atoms with Crippen LogP contribution in [-0.2, 0) is 0 Å². The van der Waals surface area contributed by atoms with Gasteiger partial charge in [0.15, 0.2) is 5.78 Å². The predicted molar refractivity (Wildman–Crippen MR) is 117 cm³/mol. The Kier molecular flexibility index (Phi) is 5.48. The van der Waals surface area contributed by atoms with E-state index in [1.165, 1.54) is 13.0 Å². The number of hydrogen-bond donors (Lipinski definition) is 2. The van der Waals surface area contributed by atoms with Crippen molar-refractivity contribution in [3.8, 4) is 11.3 Å². The molecule has 0 amide bonds. The van der Waals surface area contributed by atoms with Crippen LogP contribution in [0.25, 0.3) is 11.3 Å². The lowest BCUT2D eigenvalue weighted by molar-refractivity contribution is 0.101. The van der Waals surface area contributed by atoms with Gasteiger partial charge in [-0.05, 0) is 31.2 Å². The highest BCUT2D eigenvalue weighted by molar-refractivity contribution is 5.95. The number of halogens is 1. The molecule has 6 heteroatoms. The van der Waals surface area contributed by atoms with Gasteiger partial charge in [0.1, 0.15) is 11.6 Å². The first-order chi connectivity index (χ1) is 14.6.